The predicted molar refractivity (Wildman–Crippen MR) is 108 cm³/mol. The summed E-state index contributed by atoms with van der Waals surface area (Å²) in [7, 11) is 1.37. The van der Waals surface area contributed by atoms with E-state index < -0.39 is 0 Å². The highest BCUT2D eigenvalue weighted by Gasteiger charge is 2.10. The van der Waals surface area contributed by atoms with Crippen LogP contribution in [0.5, 0.6) is 0 Å². The van der Waals surface area contributed by atoms with E-state index in [1.807, 2.05) is 24.4 Å². The van der Waals surface area contributed by atoms with Gasteiger partial charge in [-0.15, -0.1) is 0 Å². The number of hydrogen-bond donors (Lipinski definition) is 0. The van der Waals surface area contributed by atoms with Gasteiger partial charge >= 0.3 is 5.97 Å². The van der Waals surface area contributed by atoms with Gasteiger partial charge in [0.2, 0.25) is 0 Å². The summed E-state index contributed by atoms with van der Waals surface area (Å²) in [5.41, 5.74) is 5.58. The van der Waals surface area contributed by atoms with Crippen molar-refractivity contribution >= 4 is 33.8 Å². The van der Waals surface area contributed by atoms with Crippen LogP contribution in [0.4, 0.5) is 5.69 Å². The summed E-state index contributed by atoms with van der Waals surface area (Å²) in [4.78, 5) is 16.2. The number of rotatable bonds is 4. The van der Waals surface area contributed by atoms with Crippen LogP contribution in [-0.4, -0.2) is 23.9 Å². The number of ether oxygens (including phenoxy) is 1. The fourth-order valence-corrected chi connectivity index (χ4v) is 3.15. The number of carbonyl (C=O) groups is 1. The van der Waals surface area contributed by atoms with E-state index in [0.29, 0.717) is 11.3 Å². The zero-order valence-electron chi connectivity index (χ0n) is 14.9. The minimum Gasteiger partial charge on any atom is -0.465 e. The molecule has 2 aromatic carbocycles. The van der Waals surface area contributed by atoms with Gasteiger partial charge in [0.15, 0.2) is 0 Å². The zero-order chi connectivity index (χ0) is 18.7. The number of methoxy groups -OCH3 is 1. The largest absolute Gasteiger partial charge is 0.465 e. The van der Waals surface area contributed by atoms with Gasteiger partial charge < -0.3 is 9.30 Å². The van der Waals surface area contributed by atoms with Crippen molar-refractivity contribution in [3.63, 3.8) is 0 Å². The maximum Gasteiger partial charge on any atom is 0.337 e. The molecule has 0 fully saturated rings. The molecule has 1 aromatic heterocycles. The second kappa shape index (κ2) is 7.70. The molecular formula is C21H19BrN2O2. The molecule has 5 heteroatoms. The van der Waals surface area contributed by atoms with Crippen LogP contribution >= 0.6 is 15.9 Å². The second-order valence-corrected chi connectivity index (χ2v) is 6.85. The Bertz CT molecular complexity index is 972. The maximum absolute atomic E-state index is 11.6. The molecule has 0 saturated carbocycles. The molecule has 1 heterocycles. The molecule has 26 heavy (non-hydrogen) atoms. The van der Waals surface area contributed by atoms with Crippen molar-refractivity contribution in [3.8, 4) is 5.69 Å². The van der Waals surface area contributed by atoms with Crippen molar-refractivity contribution in [2.45, 2.75) is 13.8 Å². The van der Waals surface area contributed by atoms with E-state index in [9.17, 15) is 4.79 Å². The molecule has 0 aliphatic carbocycles. The van der Waals surface area contributed by atoms with E-state index in [1.165, 1.54) is 7.11 Å². The highest BCUT2D eigenvalue weighted by Crippen LogP contribution is 2.22. The average molecular weight is 411 g/mol. The van der Waals surface area contributed by atoms with Gasteiger partial charge in [-0.3, -0.25) is 4.99 Å². The fraction of sp³-hybridized carbons (Fsp3) is 0.143. The minimum absolute atomic E-state index is 0.365. The van der Waals surface area contributed by atoms with Gasteiger partial charge in [-0.2, -0.15) is 0 Å². The normalized spacial score (nSPS) is 11.1. The molecule has 3 aromatic rings. The molecular weight excluding hydrogens is 392 g/mol. The first-order chi connectivity index (χ1) is 12.5. The van der Waals surface area contributed by atoms with Crippen LogP contribution in [0.15, 0.2) is 64.1 Å². The predicted octanol–water partition coefficient (Wildman–Crippen LogP) is 5.39. The second-order valence-electron chi connectivity index (χ2n) is 5.94. The number of aromatic nitrogens is 1. The molecule has 0 aliphatic rings. The summed E-state index contributed by atoms with van der Waals surface area (Å²) in [6.07, 6.45) is 1.83. The summed E-state index contributed by atoms with van der Waals surface area (Å²) in [5, 5.41) is 0. The minimum atomic E-state index is -0.365. The quantitative estimate of drug-likeness (QED) is 0.427. The van der Waals surface area contributed by atoms with Crippen LogP contribution in [0, 0.1) is 13.8 Å². The van der Waals surface area contributed by atoms with Gasteiger partial charge in [0.1, 0.15) is 0 Å². The van der Waals surface area contributed by atoms with Crippen LogP contribution in [0.3, 0.4) is 0 Å². The lowest BCUT2D eigenvalue weighted by Gasteiger charge is -2.09. The van der Waals surface area contributed by atoms with E-state index in [0.717, 1.165) is 27.1 Å². The molecule has 0 unspecified atom stereocenters. The van der Waals surface area contributed by atoms with Gasteiger partial charge in [-0.05, 0) is 62.4 Å². The van der Waals surface area contributed by atoms with Crippen molar-refractivity contribution in [2.75, 3.05) is 7.11 Å². The van der Waals surface area contributed by atoms with Crippen molar-refractivity contribution in [3.05, 3.63) is 81.6 Å². The summed E-state index contributed by atoms with van der Waals surface area (Å²) in [5.74, 6) is -0.365. The standard InChI is InChI=1S/C21H19BrN2O2/c1-14-11-17(15(2)24(14)20-9-7-18(22)8-10-20)13-23-19-6-4-5-16(12-19)21(25)26-3/h4-13H,1-3H3. The Morgan fingerprint density at radius 3 is 2.54 bits per heavy atom. The smallest absolute Gasteiger partial charge is 0.337 e. The lowest BCUT2D eigenvalue weighted by molar-refractivity contribution is 0.0601. The molecule has 4 nitrogen and oxygen atoms in total. The Labute approximate surface area is 161 Å². The van der Waals surface area contributed by atoms with Crippen molar-refractivity contribution in [1.29, 1.82) is 0 Å². The van der Waals surface area contributed by atoms with Gasteiger partial charge in [-0.1, -0.05) is 22.0 Å². The number of nitrogens with zero attached hydrogens (tertiary/aromatic N) is 2. The Hall–Kier alpha value is -2.66. The summed E-state index contributed by atoms with van der Waals surface area (Å²) in [6.45, 7) is 4.14. The first-order valence-corrected chi connectivity index (χ1v) is 8.96. The highest BCUT2D eigenvalue weighted by molar-refractivity contribution is 9.10. The lowest BCUT2D eigenvalue weighted by atomic mass is 10.2. The molecule has 0 aliphatic heterocycles. The molecule has 0 spiro atoms. The Kier molecular flexibility index (Phi) is 5.38. The Balaban J connectivity index is 1.92. The summed E-state index contributed by atoms with van der Waals surface area (Å²) >= 11 is 3.47. The summed E-state index contributed by atoms with van der Waals surface area (Å²) < 4.78 is 8.00. The number of aliphatic imine (C=N–C) groups is 1. The molecule has 0 N–H and O–H groups in total. The molecule has 3 rings (SSSR count). The SMILES string of the molecule is COC(=O)c1cccc(N=Cc2cc(C)n(-c3ccc(Br)cc3)c2C)c1. The molecule has 0 radical (unpaired) electrons. The van der Waals surface area contributed by atoms with Crippen LogP contribution in [-0.2, 0) is 4.74 Å². The van der Waals surface area contributed by atoms with Crippen LogP contribution in [0.25, 0.3) is 5.69 Å². The van der Waals surface area contributed by atoms with E-state index in [1.54, 1.807) is 18.2 Å². The maximum atomic E-state index is 11.6. The molecule has 132 valence electrons. The first-order valence-electron chi connectivity index (χ1n) is 8.17. The number of esters is 1. The third kappa shape index (κ3) is 3.78. The number of carbonyl (C=O) groups excluding carboxylic acids is 1. The number of halogens is 1. The van der Waals surface area contributed by atoms with Crippen LogP contribution < -0.4 is 0 Å². The van der Waals surface area contributed by atoms with Gasteiger partial charge in [-0.25, -0.2) is 4.79 Å². The monoisotopic (exact) mass is 410 g/mol. The average Bonchev–Trinajstić information content (AvgIpc) is 2.94. The Morgan fingerprint density at radius 2 is 1.85 bits per heavy atom. The highest BCUT2D eigenvalue weighted by atomic mass is 79.9. The van der Waals surface area contributed by atoms with E-state index >= 15 is 0 Å². The molecule has 0 atom stereocenters. The number of benzene rings is 2. The van der Waals surface area contributed by atoms with Gasteiger partial charge in [0.25, 0.3) is 0 Å². The van der Waals surface area contributed by atoms with Crippen LogP contribution in [0.1, 0.15) is 27.3 Å². The van der Waals surface area contributed by atoms with Crippen molar-refractivity contribution < 1.29 is 9.53 Å². The third-order valence-corrected chi connectivity index (χ3v) is 4.70. The molecule has 0 amide bonds. The lowest BCUT2D eigenvalue weighted by Crippen LogP contribution is -2.00. The summed E-state index contributed by atoms with van der Waals surface area (Å²) in [6, 6.07) is 17.4. The fourth-order valence-electron chi connectivity index (χ4n) is 2.88. The van der Waals surface area contributed by atoms with Gasteiger partial charge in [0, 0.05) is 33.3 Å². The topological polar surface area (TPSA) is 43.6 Å². The molecule has 0 saturated heterocycles. The molecule has 0 bridgehead atoms. The number of aryl methyl sites for hydroxylation is 1. The van der Waals surface area contributed by atoms with E-state index in [4.69, 9.17) is 4.74 Å². The Morgan fingerprint density at radius 1 is 1.12 bits per heavy atom. The van der Waals surface area contributed by atoms with Crippen LogP contribution in [0.2, 0.25) is 0 Å². The van der Waals surface area contributed by atoms with Crippen molar-refractivity contribution in [1.82, 2.24) is 4.57 Å². The van der Waals surface area contributed by atoms with Crippen molar-refractivity contribution in [2.24, 2.45) is 4.99 Å². The van der Waals surface area contributed by atoms with E-state index in [2.05, 4.69) is 57.5 Å². The third-order valence-electron chi connectivity index (χ3n) is 4.18. The van der Waals surface area contributed by atoms with Gasteiger partial charge in [0.05, 0.1) is 18.4 Å². The first kappa shape index (κ1) is 18.1. The van der Waals surface area contributed by atoms with E-state index in [-0.39, 0.29) is 5.97 Å². The zero-order valence-corrected chi connectivity index (χ0v) is 16.4. The number of hydrogen-bond acceptors (Lipinski definition) is 3.